The molecule has 0 saturated carbocycles. The van der Waals surface area contributed by atoms with Gasteiger partial charge >= 0.3 is 0 Å². The van der Waals surface area contributed by atoms with E-state index in [1.54, 1.807) is 0 Å². The van der Waals surface area contributed by atoms with E-state index in [2.05, 4.69) is 27.9 Å². The first-order valence-corrected chi connectivity index (χ1v) is 7.75. The van der Waals surface area contributed by atoms with Crippen LogP contribution in [0.3, 0.4) is 0 Å². The van der Waals surface area contributed by atoms with Crippen LogP contribution in [0, 0.1) is 0 Å². The Morgan fingerprint density at radius 2 is 2.10 bits per heavy atom. The van der Waals surface area contributed by atoms with E-state index in [9.17, 15) is 0 Å². The van der Waals surface area contributed by atoms with Gasteiger partial charge in [0.25, 0.3) is 0 Å². The van der Waals surface area contributed by atoms with E-state index in [-0.39, 0.29) is 6.04 Å². The monoisotopic (exact) mass is 295 g/mol. The Kier molecular flexibility index (Phi) is 5.51. The molecule has 0 spiro atoms. The van der Waals surface area contributed by atoms with Crippen molar-refractivity contribution in [3.05, 3.63) is 18.0 Å². The summed E-state index contributed by atoms with van der Waals surface area (Å²) in [5.41, 5.74) is 7.11. The van der Waals surface area contributed by atoms with Crippen LogP contribution in [0.4, 0.5) is 0 Å². The van der Waals surface area contributed by atoms with Crippen LogP contribution < -0.4 is 5.73 Å². The highest BCUT2D eigenvalue weighted by Crippen LogP contribution is 2.10. The van der Waals surface area contributed by atoms with Crippen molar-refractivity contribution in [1.29, 1.82) is 0 Å². The molecule has 0 aliphatic carbocycles. The number of hydrogen-bond acceptors (Lipinski definition) is 4. The summed E-state index contributed by atoms with van der Waals surface area (Å²) in [6, 6.07) is 2.36. The minimum Gasteiger partial charge on any atom is -0.392 e. The highest BCUT2D eigenvalue weighted by Gasteiger charge is 2.24. The molecule has 112 valence electrons. The maximum atomic E-state index is 5.82. The first-order chi connectivity index (χ1) is 9.61. The fourth-order valence-corrected chi connectivity index (χ4v) is 3.17. The van der Waals surface area contributed by atoms with Crippen molar-refractivity contribution >= 4 is 17.2 Å². The predicted octanol–water partition coefficient (Wildman–Crippen LogP) is 0.645. The molecule has 1 saturated heterocycles. The Labute approximate surface area is 126 Å². The van der Waals surface area contributed by atoms with Crippen LogP contribution in [-0.2, 0) is 13.5 Å². The second-order valence-corrected chi connectivity index (χ2v) is 5.87. The molecule has 1 aromatic rings. The summed E-state index contributed by atoms with van der Waals surface area (Å²) in [5.74, 6) is 0. The topological polar surface area (TPSA) is 50.3 Å². The highest BCUT2D eigenvalue weighted by molar-refractivity contribution is 7.80. The molecule has 1 aliphatic rings. The minimum atomic E-state index is 0.268. The summed E-state index contributed by atoms with van der Waals surface area (Å²) < 4.78 is 1.95. The molecule has 1 unspecified atom stereocenters. The molecule has 1 aromatic heterocycles. The number of rotatable bonds is 6. The molecule has 0 radical (unpaired) electrons. The summed E-state index contributed by atoms with van der Waals surface area (Å²) in [6.45, 7) is 7.55. The molecule has 0 bridgehead atoms. The lowest BCUT2D eigenvalue weighted by atomic mass is 10.1. The van der Waals surface area contributed by atoms with Crippen LogP contribution in [-0.4, -0.2) is 63.3 Å². The summed E-state index contributed by atoms with van der Waals surface area (Å²) in [6.07, 6.45) is 3.93. The molecule has 20 heavy (non-hydrogen) atoms. The molecule has 0 aromatic carbocycles. The third kappa shape index (κ3) is 3.77. The number of aromatic nitrogens is 2. The largest absolute Gasteiger partial charge is 0.392 e. The van der Waals surface area contributed by atoms with Crippen LogP contribution in [0.25, 0.3) is 0 Å². The van der Waals surface area contributed by atoms with Crippen molar-refractivity contribution < 1.29 is 0 Å². The molecule has 5 nitrogen and oxygen atoms in total. The van der Waals surface area contributed by atoms with Crippen molar-refractivity contribution in [3.8, 4) is 0 Å². The van der Waals surface area contributed by atoms with Gasteiger partial charge in [-0.1, -0.05) is 19.1 Å². The number of thiocarbonyl (C=S) groups is 1. The fraction of sp³-hybridized carbons (Fsp3) is 0.714. The smallest absolute Gasteiger partial charge is 0.0901 e. The van der Waals surface area contributed by atoms with Gasteiger partial charge in [0.1, 0.15) is 0 Å². The van der Waals surface area contributed by atoms with Gasteiger partial charge in [-0.05, 0) is 12.5 Å². The average molecular weight is 295 g/mol. The Bertz CT molecular complexity index is 437. The van der Waals surface area contributed by atoms with Gasteiger partial charge < -0.3 is 10.6 Å². The lowest BCUT2D eigenvalue weighted by Crippen LogP contribution is -2.53. The van der Waals surface area contributed by atoms with Crippen molar-refractivity contribution in [2.45, 2.75) is 25.8 Å². The number of hydrogen-bond donors (Lipinski definition) is 1. The van der Waals surface area contributed by atoms with E-state index in [0.717, 1.165) is 45.6 Å². The zero-order chi connectivity index (χ0) is 14.5. The highest BCUT2D eigenvalue weighted by atomic mass is 32.1. The van der Waals surface area contributed by atoms with E-state index in [4.69, 9.17) is 18.0 Å². The minimum absolute atomic E-state index is 0.268. The van der Waals surface area contributed by atoms with Gasteiger partial charge in [-0.25, -0.2) is 0 Å². The van der Waals surface area contributed by atoms with Crippen LogP contribution in [0.2, 0.25) is 0 Å². The molecule has 2 N–H and O–H groups in total. The molecular formula is C14H25N5S. The second-order valence-electron chi connectivity index (χ2n) is 5.40. The molecule has 2 rings (SSSR count). The number of nitrogens with two attached hydrogens (primary N) is 1. The van der Waals surface area contributed by atoms with Crippen molar-refractivity contribution in [2.75, 3.05) is 32.7 Å². The molecule has 6 heteroatoms. The quantitative estimate of drug-likeness (QED) is 0.781. The van der Waals surface area contributed by atoms with Crippen LogP contribution in [0.5, 0.6) is 0 Å². The van der Waals surface area contributed by atoms with Gasteiger partial charge in [-0.15, -0.1) is 0 Å². The van der Waals surface area contributed by atoms with Crippen LogP contribution >= 0.6 is 12.2 Å². The van der Waals surface area contributed by atoms with Crippen molar-refractivity contribution in [1.82, 2.24) is 19.6 Å². The lowest BCUT2D eigenvalue weighted by Gasteiger charge is -2.38. The molecular weight excluding hydrogens is 270 g/mol. The van der Waals surface area contributed by atoms with Gasteiger partial charge in [0, 0.05) is 58.1 Å². The number of aryl methyl sites for hydroxylation is 1. The molecule has 0 amide bonds. The predicted molar refractivity (Wildman–Crippen MR) is 85.8 cm³/mol. The van der Waals surface area contributed by atoms with Crippen molar-refractivity contribution in [3.63, 3.8) is 0 Å². The van der Waals surface area contributed by atoms with Crippen LogP contribution in [0.15, 0.2) is 12.3 Å². The van der Waals surface area contributed by atoms with Gasteiger partial charge in [0.15, 0.2) is 0 Å². The van der Waals surface area contributed by atoms with Gasteiger partial charge in [0.05, 0.1) is 11.0 Å². The Hall–Kier alpha value is -0.980. The van der Waals surface area contributed by atoms with Gasteiger partial charge in [-0.3, -0.25) is 9.58 Å². The van der Waals surface area contributed by atoms with E-state index < -0.39 is 0 Å². The third-order valence-electron chi connectivity index (χ3n) is 4.17. The molecule has 1 atom stereocenters. The zero-order valence-corrected chi connectivity index (χ0v) is 13.3. The SMILES string of the molecule is CCC(C(N)=S)N1CCN(CCc2ccnn2C)CC1. The maximum absolute atomic E-state index is 5.82. The Balaban J connectivity index is 1.77. The summed E-state index contributed by atoms with van der Waals surface area (Å²) in [4.78, 5) is 5.56. The maximum Gasteiger partial charge on any atom is 0.0901 e. The van der Waals surface area contributed by atoms with E-state index in [1.165, 1.54) is 5.69 Å². The summed E-state index contributed by atoms with van der Waals surface area (Å²) >= 11 is 5.16. The summed E-state index contributed by atoms with van der Waals surface area (Å²) in [7, 11) is 2.00. The first-order valence-electron chi connectivity index (χ1n) is 7.34. The lowest BCUT2D eigenvalue weighted by molar-refractivity contribution is 0.117. The average Bonchev–Trinajstić information content (AvgIpc) is 2.84. The Morgan fingerprint density at radius 1 is 1.40 bits per heavy atom. The van der Waals surface area contributed by atoms with Gasteiger partial charge in [-0.2, -0.15) is 5.10 Å². The van der Waals surface area contributed by atoms with E-state index in [0.29, 0.717) is 4.99 Å². The van der Waals surface area contributed by atoms with Crippen LogP contribution in [0.1, 0.15) is 19.0 Å². The molecule has 1 fully saturated rings. The number of nitrogens with zero attached hydrogens (tertiary/aromatic N) is 4. The standard InChI is InChI=1S/C14H25N5S/c1-3-13(14(15)20)19-10-8-18(9-11-19)7-5-12-4-6-16-17(12)2/h4,6,13H,3,5,7-11H2,1-2H3,(H2,15,20). The number of piperazine rings is 1. The fourth-order valence-electron chi connectivity index (χ4n) is 2.86. The molecule has 2 heterocycles. The second kappa shape index (κ2) is 7.15. The summed E-state index contributed by atoms with van der Waals surface area (Å²) in [5, 5.41) is 4.21. The first kappa shape index (κ1) is 15.4. The molecule has 1 aliphatic heterocycles. The normalized spacial score (nSPS) is 19.1. The van der Waals surface area contributed by atoms with E-state index in [1.807, 2.05) is 17.9 Å². The zero-order valence-electron chi connectivity index (χ0n) is 12.5. The van der Waals surface area contributed by atoms with E-state index >= 15 is 0 Å². The van der Waals surface area contributed by atoms with Crippen molar-refractivity contribution in [2.24, 2.45) is 12.8 Å². The van der Waals surface area contributed by atoms with Gasteiger partial charge in [0.2, 0.25) is 0 Å². The Morgan fingerprint density at radius 3 is 2.60 bits per heavy atom. The third-order valence-corrected chi connectivity index (χ3v) is 4.44.